The van der Waals surface area contributed by atoms with E-state index in [0.717, 1.165) is 25.0 Å². The summed E-state index contributed by atoms with van der Waals surface area (Å²) in [5.74, 6) is -0.356. The van der Waals surface area contributed by atoms with E-state index in [4.69, 9.17) is 0 Å². The van der Waals surface area contributed by atoms with Gasteiger partial charge in [0.15, 0.2) is 0 Å². The van der Waals surface area contributed by atoms with Crippen molar-refractivity contribution < 1.29 is 18.0 Å². The number of halogens is 4. The first-order valence-corrected chi connectivity index (χ1v) is 7.46. The second-order valence-corrected chi connectivity index (χ2v) is 5.90. The summed E-state index contributed by atoms with van der Waals surface area (Å²) in [4.78, 5) is 14.2. The Labute approximate surface area is 129 Å². The number of carbonyl (C=O) groups excluding carboxylic acids is 1. The largest absolute Gasteiger partial charge is 0.416 e. The fourth-order valence-electron chi connectivity index (χ4n) is 2.57. The molecule has 0 spiro atoms. The molecule has 0 saturated carbocycles. The van der Waals surface area contributed by atoms with E-state index in [-0.39, 0.29) is 17.5 Å². The molecule has 1 aromatic rings. The van der Waals surface area contributed by atoms with Gasteiger partial charge in [0.05, 0.1) is 11.1 Å². The van der Waals surface area contributed by atoms with E-state index in [2.05, 4.69) is 21.2 Å². The summed E-state index contributed by atoms with van der Waals surface area (Å²) in [6.45, 7) is 1.22. The molecule has 1 unspecified atom stereocenters. The highest BCUT2D eigenvalue weighted by atomic mass is 79.9. The molecule has 21 heavy (non-hydrogen) atoms. The summed E-state index contributed by atoms with van der Waals surface area (Å²) < 4.78 is 38.7. The van der Waals surface area contributed by atoms with Gasteiger partial charge in [0.25, 0.3) is 5.91 Å². The Morgan fingerprint density at radius 3 is 2.81 bits per heavy atom. The number of rotatable bonds is 3. The first-order chi connectivity index (χ1) is 9.84. The van der Waals surface area contributed by atoms with Gasteiger partial charge in [-0.3, -0.25) is 4.79 Å². The average Bonchev–Trinajstić information content (AvgIpc) is 2.86. The number of amides is 1. The van der Waals surface area contributed by atoms with Crippen molar-refractivity contribution in [3.05, 3.63) is 33.8 Å². The van der Waals surface area contributed by atoms with Crippen LogP contribution in [-0.4, -0.2) is 37.0 Å². The van der Waals surface area contributed by atoms with Crippen LogP contribution >= 0.6 is 15.9 Å². The van der Waals surface area contributed by atoms with Gasteiger partial charge in [-0.25, -0.2) is 0 Å². The van der Waals surface area contributed by atoms with Crippen LogP contribution < -0.4 is 5.32 Å². The number of nitrogens with one attached hydrogen (secondary N) is 1. The highest BCUT2D eigenvalue weighted by Crippen LogP contribution is 2.33. The lowest BCUT2D eigenvalue weighted by Crippen LogP contribution is -2.41. The van der Waals surface area contributed by atoms with E-state index < -0.39 is 11.7 Å². The maximum Gasteiger partial charge on any atom is 0.416 e. The molecule has 3 nitrogen and oxygen atoms in total. The van der Waals surface area contributed by atoms with Crippen molar-refractivity contribution in [2.75, 3.05) is 20.1 Å². The lowest BCUT2D eigenvalue weighted by Gasteiger charge is -2.25. The standard InChI is InChI=1S/C14H16BrF3N2O/c1-19-8-10-3-2-6-20(10)13(21)11-7-9(14(16,17)18)4-5-12(11)15/h4-5,7,10,19H,2-3,6,8H2,1H3. The molecule has 7 heteroatoms. The topological polar surface area (TPSA) is 32.3 Å². The van der Waals surface area contributed by atoms with Gasteiger partial charge in [0.2, 0.25) is 0 Å². The molecular weight excluding hydrogens is 349 g/mol. The number of carbonyl (C=O) groups is 1. The minimum Gasteiger partial charge on any atom is -0.334 e. The summed E-state index contributed by atoms with van der Waals surface area (Å²) in [7, 11) is 1.79. The Balaban J connectivity index is 2.30. The van der Waals surface area contributed by atoms with Gasteiger partial charge >= 0.3 is 6.18 Å². The van der Waals surface area contributed by atoms with Crippen LogP contribution in [0, 0.1) is 0 Å². The zero-order valence-electron chi connectivity index (χ0n) is 11.5. The molecule has 0 bridgehead atoms. The fraction of sp³-hybridized carbons (Fsp3) is 0.500. The van der Waals surface area contributed by atoms with E-state index in [1.54, 1.807) is 11.9 Å². The van der Waals surface area contributed by atoms with Crippen molar-refractivity contribution >= 4 is 21.8 Å². The van der Waals surface area contributed by atoms with Crippen LogP contribution in [0.15, 0.2) is 22.7 Å². The van der Waals surface area contributed by atoms with E-state index in [9.17, 15) is 18.0 Å². The third-order valence-electron chi connectivity index (χ3n) is 3.60. The Kier molecular flexibility index (Phi) is 4.93. The fourth-order valence-corrected chi connectivity index (χ4v) is 2.99. The van der Waals surface area contributed by atoms with Crippen LogP contribution in [0.2, 0.25) is 0 Å². The molecule has 1 heterocycles. The van der Waals surface area contributed by atoms with E-state index in [1.165, 1.54) is 6.07 Å². The van der Waals surface area contributed by atoms with Gasteiger partial charge in [-0.05, 0) is 54.0 Å². The first-order valence-electron chi connectivity index (χ1n) is 6.67. The first kappa shape index (κ1) is 16.3. The van der Waals surface area contributed by atoms with Crippen molar-refractivity contribution in [1.82, 2.24) is 10.2 Å². The SMILES string of the molecule is CNCC1CCCN1C(=O)c1cc(C(F)(F)F)ccc1Br. The molecule has 0 radical (unpaired) electrons. The summed E-state index contributed by atoms with van der Waals surface area (Å²) in [6.07, 6.45) is -2.72. The van der Waals surface area contributed by atoms with Gasteiger partial charge in [-0.2, -0.15) is 13.2 Å². The van der Waals surface area contributed by atoms with Crippen LogP contribution in [-0.2, 0) is 6.18 Å². The Morgan fingerprint density at radius 2 is 2.19 bits per heavy atom. The predicted octanol–water partition coefficient (Wildman–Crippen LogP) is 3.29. The quantitative estimate of drug-likeness (QED) is 0.892. The van der Waals surface area contributed by atoms with Crippen molar-refractivity contribution in [3.8, 4) is 0 Å². The molecule has 0 aliphatic carbocycles. The monoisotopic (exact) mass is 364 g/mol. The minimum atomic E-state index is -4.45. The second kappa shape index (κ2) is 6.36. The maximum absolute atomic E-state index is 12.8. The number of likely N-dealkylation sites (N-methyl/N-ethyl adjacent to an activating group) is 1. The molecule has 1 aromatic carbocycles. The Morgan fingerprint density at radius 1 is 1.48 bits per heavy atom. The summed E-state index contributed by atoms with van der Waals surface area (Å²) >= 11 is 3.17. The van der Waals surface area contributed by atoms with Gasteiger partial charge in [0, 0.05) is 23.6 Å². The van der Waals surface area contributed by atoms with Crippen molar-refractivity contribution in [2.24, 2.45) is 0 Å². The molecule has 1 amide bonds. The molecular formula is C14H16BrF3N2O. The van der Waals surface area contributed by atoms with Gasteiger partial charge in [-0.15, -0.1) is 0 Å². The van der Waals surface area contributed by atoms with Crippen molar-refractivity contribution in [2.45, 2.75) is 25.1 Å². The molecule has 116 valence electrons. The lowest BCUT2D eigenvalue weighted by atomic mass is 10.1. The van der Waals surface area contributed by atoms with Crippen LogP contribution in [0.5, 0.6) is 0 Å². The van der Waals surface area contributed by atoms with Crippen LogP contribution in [0.3, 0.4) is 0 Å². The molecule has 1 N–H and O–H groups in total. The normalized spacial score (nSPS) is 19.1. The number of hydrogen-bond acceptors (Lipinski definition) is 2. The molecule has 1 saturated heterocycles. The molecule has 0 aromatic heterocycles. The van der Waals surface area contributed by atoms with Crippen molar-refractivity contribution in [3.63, 3.8) is 0 Å². The highest BCUT2D eigenvalue weighted by molar-refractivity contribution is 9.10. The van der Waals surface area contributed by atoms with E-state index in [0.29, 0.717) is 17.6 Å². The smallest absolute Gasteiger partial charge is 0.334 e. The number of nitrogens with zero attached hydrogens (tertiary/aromatic N) is 1. The maximum atomic E-state index is 12.8. The zero-order chi connectivity index (χ0) is 15.6. The van der Waals surface area contributed by atoms with Gasteiger partial charge in [0.1, 0.15) is 0 Å². The molecule has 1 fully saturated rings. The number of alkyl halides is 3. The molecule has 1 atom stereocenters. The van der Waals surface area contributed by atoms with Crippen LogP contribution in [0.4, 0.5) is 13.2 Å². The lowest BCUT2D eigenvalue weighted by molar-refractivity contribution is -0.137. The molecule has 1 aliphatic heterocycles. The van der Waals surface area contributed by atoms with Crippen LogP contribution in [0.25, 0.3) is 0 Å². The molecule has 1 aliphatic rings. The van der Waals surface area contributed by atoms with Gasteiger partial charge < -0.3 is 10.2 Å². The average molecular weight is 365 g/mol. The van der Waals surface area contributed by atoms with Crippen LogP contribution in [0.1, 0.15) is 28.8 Å². The summed E-state index contributed by atoms with van der Waals surface area (Å²) in [5, 5.41) is 3.01. The zero-order valence-corrected chi connectivity index (χ0v) is 13.1. The van der Waals surface area contributed by atoms with Gasteiger partial charge in [-0.1, -0.05) is 0 Å². The highest BCUT2D eigenvalue weighted by Gasteiger charge is 2.34. The van der Waals surface area contributed by atoms with Crippen molar-refractivity contribution in [1.29, 1.82) is 0 Å². The predicted molar refractivity (Wildman–Crippen MR) is 77.1 cm³/mol. The summed E-state index contributed by atoms with van der Waals surface area (Å²) in [5.41, 5.74) is -0.744. The van der Waals surface area contributed by atoms with E-state index >= 15 is 0 Å². The third kappa shape index (κ3) is 3.58. The molecule has 2 rings (SSSR count). The second-order valence-electron chi connectivity index (χ2n) is 5.04. The number of benzene rings is 1. The minimum absolute atomic E-state index is 0.0314. The number of likely N-dealkylation sites (tertiary alicyclic amines) is 1. The Hall–Kier alpha value is -1.08. The number of hydrogen-bond donors (Lipinski definition) is 1. The van der Waals surface area contributed by atoms with E-state index in [1.807, 2.05) is 0 Å². The Bertz CT molecular complexity index is 533. The third-order valence-corrected chi connectivity index (χ3v) is 4.29. The summed E-state index contributed by atoms with van der Waals surface area (Å²) in [6, 6.07) is 3.19.